The van der Waals surface area contributed by atoms with E-state index >= 15 is 0 Å². The van der Waals surface area contributed by atoms with Gasteiger partial charge in [0.05, 0.1) is 18.8 Å². The highest BCUT2D eigenvalue weighted by atomic mass is 32.1. The van der Waals surface area contributed by atoms with Crippen LogP contribution in [-0.2, 0) is 11.3 Å². The molecule has 1 aliphatic heterocycles. The van der Waals surface area contributed by atoms with Crippen molar-refractivity contribution in [2.45, 2.75) is 6.54 Å². The zero-order valence-electron chi connectivity index (χ0n) is 10.5. The molecular formula is C14H15NO3S. The first-order valence-corrected chi connectivity index (χ1v) is 7.15. The van der Waals surface area contributed by atoms with Crippen LogP contribution in [0.5, 0.6) is 0 Å². The van der Waals surface area contributed by atoms with Crippen molar-refractivity contribution in [3.8, 4) is 0 Å². The number of hydrogen-bond donors (Lipinski definition) is 1. The normalized spacial score (nSPS) is 16.8. The van der Waals surface area contributed by atoms with E-state index in [0.29, 0.717) is 5.56 Å². The van der Waals surface area contributed by atoms with Crippen LogP contribution < -0.4 is 0 Å². The molecule has 1 aromatic carbocycles. The molecule has 1 N–H and O–H groups in total. The molecule has 0 bridgehead atoms. The number of nitrogens with zero attached hydrogens (tertiary/aromatic N) is 1. The third kappa shape index (κ3) is 2.63. The second kappa shape index (κ2) is 5.28. The predicted octanol–water partition coefficient (Wildman–Crippen LogP) is 2.43. The van der Waals surface area contributed by atoms with E-state index in [1.54, 1.807) is 23.5 Å². The first-order chi connectivity index (χ1) is 9.24. The summed E-state index contributed by atoms with van der Waals surface area (Å²) in [6.07, 6.45) is 0. The van der Waals surface area contributed by atoms with Crippen LogP contribution >= 0.6 is 11.3 Å². The van der Waals surface area contributed by atoms with Gasteiger partial charge in [-0.15, -0.1) is 11.3 Å². The largest absolute Gasteiger partial charge is 0.478 e. The van der Waals surface area contributed by atoms with E-state index in [1.165, 1.54) is 5.56 Å². The monoisotopic (exact) mass is 277 g/mol. The van der Waals surface area contributed by atoms with Gasteiger partial charge in [0, 0.05) is 24.3 Å². The highest BCUT2D eigenvalue weighted by Crippen LogP contribution is 2.28. The molecule has 3 rings (SSSR count). The van der Waals surface area contributed by atoms with Crippen LogP contribution in [0.15, 0.2) is 23.6 Å². The quantitative estimate of drug-likeness (QED) is 0.936. The maximum Gasteiger partial charge on any atom is 0.335 e. The minimum absolute atomic E-state index is 0.356. The van der Waals surface area contributed by atoms with Gasteiger partial charge in [0.15, 0.2) is 0 Å². The number of morpholine rings is 1. The van der Waals surface area contributed by atoms with Crippen molar-refractivity contribution in [2.75, 3.05) is 26.3 Å². The molecular weight excluding hydrogens is 262 g/mol. The minimum atomic E-state index is -0.870. The molecule has 5 heteroatoms. The summed E-state index contributed by atoms with van der Waals surface area (Å²) in [5.41, 5.74) is 1.57. The van der Waals surface area contributed by atoms with Crippen LogP contribution in [-0.4, -0.2) is 42.3 Å². The number of carboxylic acid groups (broad SMARTS) is 1. The molecule has 1 aromatic heterocycles. The SMILES string of the molecule is O=C(O)c1ccc2scc(CN3CCOCC3)c2c1. The number of ether oxygens (including phenoxy) is 1. The number of rotatable bonds is 3. The molecule has 1 aliphatic rings. The van der Waals surface area contributed by atoms with Gasteiger partial charge in [-0.05, 0) is 34.5 Å². The molecule has 1 fully saturated rings. The van der Waals surface area contributed by atoms with Crippen molar-refractivity contribution < 1.29 is 14.6 Å². The van der Waals surface area contributed by atoms with Crippen LogP contribution in [0.1, 0.15) is 15.9 Å². The first kappa shape index (κ1) is 12.6. The summed E-state index contributed by atoms with van der Waals surface area (Å²) in [6.45, 7) is 4.31. The molecule has 2 aromatic rings. The first-order valence-electron chi connectivity index (χ1n) is 6.27. The number of benzene rings is 1. The number of carbonyl (C=O) groups is 1. The highest BCUT2D eigenvalue weighted by Gasteiger charge is 2.14. The van der Waals surface area contributed by atoms with Crippen LogP contribution in [0.2, 0.25) is 0 Å². The fourth-order valence-electron chi connectivity index (χ4n) is 2.34. The molecule has 0 saturated carbocycles. The average molecular weight is 277 g/mol. The number of aromatic carboxylic acids is 1. The van der Waals surface area contributed by atoms with Gasteiger partial charge in [-0.2, -0.15) is 0 Å². The Morgan fingerprint density at radius 2 is 2.16 bits per heavy atom. The molecule has 100 valence electrons. The van der Waals surface area contributed by atoms with Gasteiger partial charge in [-0.1, -0.05) is 0 Å². The zero-order chi connectivity index (χ0) is 13.2. The summed E-state index contributed by atoms with van der Waals surface area (Å²) >= 11 is 1.67. The van der Waals surface area contributed by atoms with Crippen molar-refractivity contribution in [2.24, 2.45) is 0 Å². The number of fused-ring (bicyclic) bond motifs is 1. The Morgan fingerprint density at radius 3 is 2.89 bits per heavy atom. The van der Waals surface area contributed by atoms with Crippen molar-refractivity contribution >= 4 is 27.4 Å². The lowest BCUT2D eigenvalue weighted by molar-refractivity contribution is 0.0344. The predicted molar refractivity (Wildman–Crippen MR) is 74.9 cm³/mol. The Balaban J connectivity index is 1.89. The third-order valence-electron chi connectivity index (χ3n) is 3.40. The summed E-state index contributed by atoms with van der Waals surface area (Å²) < 4.78 is 6.49. The van der Waals surface area contributed by atoms with E-state index in [0.717, 1.165) is 42.9 Å². The van der Waals surface area contributed by atoms with Crippen LogP contribution in [0.4, 0.5) is 0 Å². The summed E-state index contributed by atoms with van der Waals surface area (Å²) in [5, 5.41) is 12.3. The van der Waals surface area contributed by atoms with Crippen LogP contribution in [0.25, 0.3) is 10.1 Å². The van der Waals surface area contributed by atoms with Crippen molar-refractivity contribution in [3.05, 3.63) is 34.7 Å². The standard InChI is InChI=1S/C14H15NO3S/c16-14(17)10-1-2-13-12(7-10)11(9-19-13)8-15-3-5-18-6-4-15/h1-2,7,9H,3-6,8H2,(H,16,17). The lowest BCUT2D eigenvalue weighted by Crippen LogP contribution is -2.35. The van der Waals surface area contributed by atoms with E-state index in [-0.39, 0.29) is 0 Å². The maximum absolute atomic E-state index is 11.0. The number of hydrogen-bond acceptors (Lipinski definition) is 4. The Bertz CT molecular complexity index is 602. The van der Waals surface area contributed by atoms with Crippen molar-refractivity contribution in [1.29, 1.82) is 0 Å². The minimum Gasteiger partial charge on any atom is -0.478 e. The Labute approximate surface area is 115 Å². The van der Waals surface area contributed by atoms with Gasteiger partial charge in [0.2, 0.25) is 0 Å². The number of thiophene rings is 1. The molecule has 0 amide bonds. The van der Waals surface area contributed by atoms with E-state index in [9.17, 15) is 4.79 Å². The van der Waals surface area contributed by atoms with E-state index in [1.807, 2.05) is 6.07 Å². The average Bonchev–Trinajstić information content (AvgIpc) is 2.82. The Morgan fingerprint density at radius 1 is 1.37 bits per heavy atom. The zero-order valence-corrected chi connectivity index (χ0v) is 11.3. The molecule has 19 heavy (non-hydrogen) atoms. The lowest BCUT2D eigenvalue weighted by atomic mass is 10.1. The van der Waals surface area contributed by atoms with Gasteiger partial charge in [-0.3, -0.25) is 4.90 Å². The lowest BCUT2D eigenvalue weighted by Gasteiger charge is -2.26. The van der Waals surface area contributed by atoms with Crippen molar-refractivity contribution in [3.63, 3.8) is 0 Å². The van der Waals surface area contributed by atoms with Gasteiger partial charge in [-0.25, -0.2) is 4.79 Å². The summed E-state index contributed by atoms with van der Waals surface area (Å²) in [6, 6.07) is 5.34. The van der Waals surface area contributed by atoms with E-state index in [4.69, 9.17) is 9.84 Å². The molecule has 2 heterocycles. The molecule has 1 saturated heterocycles. The third-order valence-corrected chi connectivity index (χ3v) is 4.41. The van der Waals surface area contributed by atoms with Gasteiger partial charge < -0.3 is 9.84 Å². The molecule has 0 spiro atoms. The summed E-state index contributed by atoms with van der Waals surface area (Å²) in [7, 11) is 0. The van der Waals surface area contributed by atoms with Gasteiger partial charge >= 0.3 is 5.97 Å². The summed E-state index contributed by atoms with van der Waals surface area (Å²) in [4.78, 5) is 13.4. The fraction of sp³-hybridized carbons (Fsp3) is 0.357. The second-order valence-electron chi connectivity index (χ2n) is 4.67. The van der Waals surface area contributed by atoms with Gasteiger partial charge in [0.1, 0.15) is 0 Å². The highest BCUT2D eigenvalue weighted by molar-refractivity contribution is 7.17. The fourth-order valence-corrected chi connectivity index (χ4v) is 3.27. The number of carboxylic acids is 1. The molecule has 0 unspecified atom stereocenters. The van der Waals surface area contributed by atoms with E-state index in [2.05, 4.69) is 10.3 Å². The smallest absolute Gasteiger partial charge is 0.335 e. The second-order valence-corrected chi connectivity index (χ2v) is 5.58. The molecule has 0 aliphatic carbocycles. The molecule has 0 atom stereocenters. The van der Waals surface area contributed by atoms with Crippen LogP contribution in [0, 0.1) is 0 Å². The van der Waals surface area contributed by atoms with Gasteiger partial charge in [0.25, 0.3) is 0 Å². The van der Waals surface area contributed by atoms with E-state index < -0.39 is 5.97 Å². The maximum atomic E-state index is 11.0. The molecule has 4 nitrogen and oxygen atoms in total. The Kier molecular flexibility index (Phi) is 3.50. The topological polar surface area (TPSA) is 49.8 Å². The molecule has 0 radical (unpaired) electrons. The van der Waals surface area contributed by atoms with Crippen molar-refractivity contribution in [1.82, 2.24) is 4.90 Å². The van der Waals surface area contributed by atoms with Crippen LogP contribution in [0.3, 0.4) is 0 Å². The Hall–Kier alpha value is -1.43. The summed E-state index contributed by atoms with van der Waals surface area (Å²) in [5.74, 6) is -0.870.